The molecule has 0 spiro atoms. The van der Waals surface area contributed by atoms with Crippen molar-refractivity contribution < 1.29 is 39.1 Å². The molecule has 0 bridgehead atoms. The first-order chi connectivity index (χ1) is 24.8. The maximum atomic E-state index is 13.3. The van der Waals surface area contributed by atoms with Gasteiger partial charge in [-0.05, 0) is 24.6 Å². The summed E-state index contributed by atoms with van der Waals surface area (Å²) in [6.45, 7) is 2.95. The summed E-state index contributed by atoms with van der Waals surface area (Å²) >= 11 is 0. The van der Waals surface area contributed by atoms with E-state index in [2.05, 4.69) is 12.2 Å². The maximum absolute atomic E-state index is 13.3. The summed E-state index contributed by atoms with van der Waals surface area (Å²) in [6.07, 6.45) is 25.6. The summed E-state index contributed by atoms with van der Waals surface area (Å²) in [7, 11) is 0. The number of hydrogen-bond acceptors (Lipinski definition) is 9. The Kier molecular flexibility index (Phi) is 19.8. The molecule has 0 aliphatic heterocycles. The van der Waals surface area contributed by atoms with Crippen LogP contribution in [0.1, 0.15) is 135 Å². The standard InChI is InChI=1S/C41H61NO9/c1-2-3-4-5-6-7-8-9-10-11-12-13-14-15-16-17-18-19-20-21-37(47)42-24-25-49-26-27-50-41-39(48)38-35(46)29-32(43)30-36(38)51-40(41)31-22-23-33(44)34(45)28-31/h22-23,28-30,43-46H,2-21,24-27H2,1H3,(H,42,47). The number of carbonyl (C=O) groups excluding carboxylic acids is 1. The number of benzene rings is 2. The first-order valence-corrected chi connectivity index (χ1v) is 19.3. The molecule has 5 N–H and O–H groups in total. The van der Waals surface area contributed by atoms with E-state index in [1.807, 2.05) is 0 Å². The molecule has 0 aliphatic carbocycles. The first kappa shape index (κ1) is 41.5. The molecule has 51 heavy (non-hydrogen) atoms. The zero-order chi connectivity index (χ0) is 36.7. The third kappa shape index (κ3) is 15.5. The van der Waals surface area contributed by atoms with Gasteiger partial charge in [0.1, 0.15) is 29.1 Å². The molecule has 1 aromatic heterocycles. The van der Waals surface area contributed by atoms with Gasteiger partial charge in [-0.1, -0.05) is 122 Å². The quantitative estimate of drug-likeness (QED) is 0.0365. The fourth-order valence-corrected chi connectivity index (χ4v) is 6.27. The predicted molar refractivity (Wildman–Crippen MR) is 202 cm³/mol. The van der Waals surface area contributed by atoms with Gasteiger partial charge in [-0.25, -0.2) is 0 Å². The third-order valence-corrected chi connectivity index (χ3v) is 9.21. The number of rotatable bonds is 28. The van der Waals surface area contributed by atoms with Crippen LogP contribution >= 0.6 is 0 Å². The Morgan fingerprint density at radius 2 is 1.24 bits per heavy atom. The lowest BCUT2D eigenvalue weighted by Gasteiger charge is -2.13. The van der Waals surface area contributed by atoms with Crippen molar-refractivity contribution >= 4 is 16.9 Å². The summed E-state index contributed by atoms with van der Waals surface area (Å²) in [5.74, 6) is -1.85. The summed E-state index contributed by atoms with van der Waals surface area (Å²) < 4.78 is 17.1. The SMILES string of the molecule is CCCCCCCCCCCCCCCCCCCCCC(=O)NCCOCCOc1c(-c2ccc(O)c(O)c2)oc2cc(O)cc(O)c2c1=O. The number of amides is 1. The van der Waals surface area contributed by atoms with Crippen molar-refractivity contribution in [2.45, 2.75) is 135 Å². The second-order valence-electron chi connectivity index (χ2n) is 13.6. The van der Waals surface area contributed by atoms with Crippen LogP contribution in [0.25, 0.3) is 22.3 Å². The molecule has 1 heterocycles. The van der Waals surface area contributed by atoms with E-state index < -0.39 is 16.9 Å². The lowest BCUT2D eigenvalue weighted by atomic mass is 10.0. The number of aromatic hydroxyl groups is 4. The number of fused-ring (bicyclic) bond motifs is 1. The van der Waals surface area contributed by atoms with E-state index in [0.29, 0.717) is 13.0 Å². The van der Waals surface area contributed by atoms with E-state index in [1.54, 1.807) is 0 Å². The van der Waals surface area contributed by atoms with Crippen LogP contribution in [-0.2, 0) is 9.53 Å². The fraction of sp³-hybridized carbons (Fsp3) is 0.610. The molecule has 0 aliphatic rings. The lowest BCUT2D eigenvalue weighted by molar-refractivity contribution is -0.121. The van der Waals surface area contributed by atoms with Crippen LogP contribution in [0.4, 0.5) is 0 Å². The molecule has 0 saturated carbocycles. The van der Waals surface area contributed by atoms with E-state index >= 15 is 0 Å². The van der Waals surface area contributed by atoms with Gasteiger partial charge in [0.05, 0.1) is 13.2 Å². The van der Waals surface area contributed by atoms with Gasteiger partial charge in [0, 0.05) is 30.7 Å². The number of unbranched alkanes of at least 4 members (excludes halogenated alkanes) is 18. The van der Waals surface area contributed by atoms with Crippen LogP contribution in [0.2, 0.25) is 0 Å². The van der Waals surface area contributed by atoms with E-state index in [9.17, 15) is 30.0 Å². The zero-order valence-corrected chi connectivity index (χ0v) is 30.7. The second kappa shape index (κ2) is 24.3. The van der Waals surface area contributed by atoms with E-state index in [4.69, 9.17) is 13.9 Å². The largest absolute Gasteiger partial charge is 0.508 e. The van der Waals surface area contributed by atoms with Crippen LogP contribution in [-0.4, -0.2) is 52.7 Å². The molecule has 284 valence electrons. The third-order valence-electron chi connectivity index (χ3n) is 9.21. The van der Waals surface area contributed by atoms with E-state index in [0.717, 1.165) is 18.9 Å². The number of phenolic OH excluding ortho intramolecular Hbond substituents is 4. The molecular formula is C41H61NO9. The number of carbonyl (C=O) groups is 1. The Morgan fingerprint density at radius 1 is 0.667 bits per heavy atom. The van der Waals surface area contributed by atoms with Crippen molar-refractivity contribution in [3.8, 4) is 40.1 Å². The van der Waals surface area contributed by atoms with Gasteiger partial charge in [-0.3, -0.25) is 9.59 Å². The first-order valence-electron chi connectivity index (χ1n) is 19.3. The van der Waals surface area contributed by atoms with Gasteiger partial charge in [0.25, 0.3) is 0 Å². The smallest absolute Gasteiger partial charge is 0.239 e. The molecule has 0 saturated heterocycles. The lowest BCUT2D eigenvalue weighted by Crippen LogP contribution is -2.27. The van der Waals surface area contributed by atoms with Gasteiger partial charge < -0.3 is 39.6 Å². The van der Waals surface area contributed by atoms with Crippen LogP contribution in [0.5, 0.6) is 28.7 Å². The highest BCUT2D eigenvalue weighted by atomic mass is 16.5. The van der Waals surface area contributed by atoms with Crippen LogP contribution in [0.3, 0.4) is 0 Å². The Balaban J connectivity index is 1.21. The molecule has 0 atom stereocenters. The fourth-order valence-electron chi connectivity index (χ4n) is 6.27. The highest BCUT2D eigenvalue weighted by Gasteiger charge is 2.21. The number of ether oxygens (including phenoxy) is 2. The Morgan fingerprint density at radius 3 is 1.80 bits per heavy atom. The van der Waals surface area contributed by atoms with Crippen molar-refractivity contribution in [1.82, 2.24) is 5.32 Å². The highest BCUT2D eigenvalue weighted by molar-refractivity contribution is 5.88. The maximum Gasteiger partial charge on any atom is 0.239 e. The molecule has 10 heteroatoms. The molecule has 2 aromatic carbocycles. The Bertz CT molecular complexity index is 1500. The zero-order valence-electron chi connectivity index (χ0n) is 30.7. The summed E-state index contributed by atoms with van der Waals surface area (Å²) in [5, 5.41) is 42.5. The van der Waals surface area contributed by atoms with Crippen LogP contribution in [0, 0.1) is 0 Å². The van der Waals surface area contributed by atoms with Crippen LogP contribution in [0.15, 0.2) is 39.5 Å². The van der Waals surface area contributed by atoms with E-state index in [1.165, 1.54) is 133 Å². The number of nitrogens with one attached hydrogen (secondary N) is 1. The van der Waals surface area contributed by atoms with Crippen molar-refractivity contribution in [3.63, 3.8) is 0 Å². The average molecular weight is 712 g/mol. The minimum atomic E-state index is -0.682. The van der Waals surface area contributed by atoms with Gasteiger partial charge in [-0.2, -0.15) is 0 Å². The topological polar surface area (TPSA) is 159 Å². The number of hydrogen-bond donors (Lipinski definition) is 5. The monoisotopic (exact) mass is 711 g/mol. The predicted octanol–water partition coefficient (Wildman–Crippen LogP) is 9.62. The molecule has 3 aromatic rings. The van der Waals surface area contributed by atoms with Gasteiger partial charge in [0.2, 0.25) is 17.1 Å². The number of phenols is 4. The molecule has 0 unspecified atom stereocenters. The van der Waals surface area contributed by atoms with Crippen molar-refractivity contribution in [3.05, 3.63) is 40.6 Å². The normalized spacial score (nSPS) is 11.3. The van der Waals surface area contributed by atoms with Gasteiger partial charge in [0.15, 0.2) is 17.3 Å². The molecular weight excluding hydrogens is 650 g/mol. The van der Waals surface area contributed by atoms with Crippen LogP contribution < -0.4 is 15.5 Å². The van der Waals surface area contributed by atoms with Gasteiger partial charge in [-0.15, -0.1) is 0 Å². The van der Waals surface area contributed by atoms with Gasteiger partial charge >= 0.3 is 0 Å². The Labute approximate surface area is 303 Å². The Hall–Kier alpha value is -3.92. The average Bonchev–Trinajstić information content (AvgIpc) is 3.10. The molecule has 10 nitrogen and oxygen atoms in total. The molecule has 0 radical (unpaired) electrons. The minimum absolute atomic E-state index is 0.00299. The van der Waals surface area contributed by atoms with Crippen molar-refractivity contribution in [2.24, 2.45) is 0 Å². The molecule has 3 rings (SSSR count). The minimum Gasteiger partial charge on any atom is -0.508 e. The summed E-state index contributed by atoms with van der Waals surface area (Å²) in [6, 6.07) is 6.07. The highest BCUT2D eigenvalue weighted by Crippen LogP contribution is 2.38. The second-order valence-corrected chi connectivity index (χ2v) is 13.6. The summed E-state index contributed by atoms with van der Waals surface area (Å²) in [5.41, 5.74) is -0.534. The van der Waals surface area contributed by atoms with E-state index in [-0.39, 0.29) is 65.3 Å². The molecule has 1 amide bonds. The van der Waals surface area contributed by atoms with Crippen molar-refractivity contribution in [1.29, 1.82) is 0 Å². The molecule has 0 fully saturated rings. The summed E-state index contributed by atoms with van der Waals surface area (Å²) in [4.78, 5) is 25.5. The van der Waals surface area contributed by atoms with Crippen molar-refractivity contribution in [2.75, 3.05) is 26.4 Å².